The molecule has 3 aromatic carbocycles. The highest BCUT2D eigenvalue weighted by atomic mass is 35.5. The number of carbonyl (C=O) groups excluding carboxylic acids is 2. The fourth-order valence-electron chi connectivity index (χ4n) is 4.13. The maximum atomic E-state index is 14.9. The first kappa shape index (κ1) is 26.3. The van der Waals surface area contributed by atoms with Crippen molar-refractivity contribution in [3.05, 3.63) is 106 Å². The number of ketones is 1. The lowest BCUT2D eigenvalue weighted by Gasteiger charge is -2.25. The van der Waals surface area contributed by atoms with E-state index in [0.29, 0.717) is 10.8 Å². The van der Waals surface area contributed by atoms with E-state index in [0.717, 1.165) is 5.56 Å². The molecule has 4 rings (SSSR count). The molecule has 1 saturated heterocycles. The Balaban J connectivity index is 1.69. The maximum absolute atomic E-state index is 14.9. The second-order valence-electron chi connectivity index (χ2n) is 8.26. The molecule has 1 aliphatic heterocycles. The Morgan fingerprint density at radius 2 is 1.76 bits per heavy atom. The first-order valence-electron chi connectivity index (χ1n) is 11.6. The minimum atomic E-state index is -1.16. The molecule has 1 aliphatic rings. The lowest BCUT2D eigenvalue weighted by atomic mass is 9.95. The van der Waals surface area contributed by atoms with Crippen molar-refractivity contribution in [1.29, 1.82) is 0 Å². The monoisotopic (exact) mass is 525 g/mol. The molecule has 1 unspecified atom stereocenters. The largest absolute Gasteiger partial charge is 0.507 e. The lowest BCUT2D eigenvalue weighted by molar-refractivity contribution is -0.140. The summed E-state index contributed by atoms with van der Waals surface area (Å²) in [6.07, 6.45) is 0. The summed E-state index contributed by atoms with van der Waals surface area (Å²) in [5, 5.41) is 20.7. The topological polar surface area (TPSA) is 96.3 Å². The second kappa shape index (κ2) is 12.0. The highest BCUT2D eigenvalue weighted by Gasteiger charge is 2.46. The van der Waals surface area contributed by atoms with E-state index in [-0.39, 0.29) is 49.7 Å². The molecule has 0 aromatic heterocycles. The van der Waals surface area contributed by atoms with Gasteiger partial charge >= 0.3 is 0 Å². The van der Waals surface area contributed by atoms with Crippen LogP contribution in [0.3, 0.4) is 0 Å². The van der Waals surface area contributed by atoms with Crippen LogP contribution in [-0.2, 0) is 20.9 Å². The average molecular weight is 526 g/mol. The van der Waals surface area contributed by atoms with Crippen LogP contribution in [0.25, 0.3) is 5.76 Å². The summed E-state index contributed by atoms with van der Waals surface area (Å²) in [5.41, 5.74) is 0.831. The summed E-state index contributed by atoms with van der Waals surface area (Å²) in [4.78, 5) is 27.2. The zero-order valence-corrected chi connectivity index (χ0v) is 20.5. The summed E-state index contributed by atoms with van der Waals surface area (Å²) in [5.74, 6) is -2.49. The number of ether oxygens (including phenoxy) is 2. The molecule has 0 radical (unpaired) electrons. The van der Waals surface area contributed by atoms with Gasteiger partial charge in [-0.25, -0.2) is 4.39 Å². The van der Waals surface area contributed by atoms with Crippen LogP contribution in [0.5, 0.6) is 5.75 Å². The summed E-state index contributed by atoms with van der Waals surface area (Å²) >= 11 is 6.19. The van der Waals surface area contributed by atoms with Crippen LogP contribution in [0, 0.1) is 5.82 Å². The number of Topliss-reactive ketones (excluding diaryl/α,β-unsaturated/α-hetero) is 1. The number of benzene rings is 3. The van der Waals surface area contributed by atoms with Crippen LogP contribution in [-0.4, -0.2) is 53.2 Å². The molecule has 1 atom stereocenters. The Morgan fingerprint density at radius 1 is 1.00 bits per heavy atom. The summed E-state index contributed by atoms with van der Waals surface area (Å²) in [6.45, 7) is 0.00234. The van der Waals surface area contributed by atoms with Crippen molar-refractivity contribution in [2.75, 3.05) is 26.4 Å². The zero-order chi connectivity index (χ0) is 26.4. The van der Waals surface area contributed by atoms with Crippen molar-refractivity contribution in [1.82, 2.24) is 4.90 Å². The number of amides is 1. The molecule has 0 spiro atoms. The van der Waals surface area contributed by atoms with Gasteiger partial charge in [-0.2, -0.15) is 0 Å². The fraction of sp³-hybridized carbons (Fsp3) is 0.214. The Morgan fingerprint density at radius 3 is 2.51 bits per heavy atom. The number of aliphatic hydroxyl groups is 2. The van der Waals surface area contributed by atoms with Gasteiger partial charge < -0.3 is 24.6 Å². The molecule has 1 fully saturated rings. The number of aliphatic hydroxyl groups excluding tert-OH is 2. The van der Waals surface area contributed by atoms with E-state index >= 15 is 0 Å². The molecule has 192 valence electrons. The van der Waals surface area contributed by atoms with Crippen molar-refractivity contribution in [2.45, 2.75) is 12.6 Å². The van der Waals surface area contributed by atoms with Crippen LogP contribution < -0.4 is 4.74 Å². The van der Waals surface area contributed by atoms with E-state index in [1.807, 2.05) is 18.2 Å². The third kappa shape index (κ3) is 5.83. The van der Waals surface area contributed by atoms with Gasteiger partial charge in [0.1, 0.15) is 23.9 Å². The van der Waals surface area contributed by atoms with Crippen molar-refractivity contribution in [3.63, 3.8) is 0 Å². The van der Waals surface area contributed by atoms with Crippen molar-refractivity contribution >= 4 is 29.1 Å². The standard InChI is InChI=1S/C28H25ClFNO6/c29-22-10-3-1-6-19(22)17-37-20-8-5-7-18(16-20)26(33)24-25(21-9-2-4-11-23(21)30)31(28(35)27(24)34)12-14-36-15-13-32/h1-11,16,25,32-33H,12-15,17H2/b26-24+. The Hall–Kier alpha value is -3.72. The molecule has 0 aliphatic carbocycles. The number of rotatable bonds is 10. The van der Waals surface area contributed by atoms with Crippen molar-refractivity contribution in [2.24, 2.45) is 0 Å². The van der Waals surface area contributed by atoms with Gasteiger partial charge in [0.25, 0.3) is 11.7 Å². The molecule has 9 heteroatoms. The van der Waals surface area contributed by atoms with Crippen LogP contribution in [0.4, 0.5) is 4.39 Å². The van der Waals surface area contributed by atoms with Gasteiger partial charge in [0.15, 0.2) is 0 Å². The Kier molecular flexibility index (Phi) is 8.55. The number of hydrogen-bond donors (Lipinski definition) is 2. The highest BCUT2D eigenvalue weighted by Crippen LogP contribution is 2.40. The third-order valence-corrected chi connectivity index (χ3v) is 6.28. The van der Waals surface area contributed by atoms with Crippen molar-refractivity contribution < 1.29 is 33.7 Å². The van der Waals surface area contributed by atoms with Crippen LogP contribution >= 0.6 is 11.6 Å². The van der Waals surface area contributed by atoms with E-state index in [1.165, 1.54) is 29.2 Å². The predicted molar refractivity (Wildman–Crippen MR) is 136 cm³/mol. The average Bonchev–Trinajstić information content (AvgIpc) is 3.15. The summed E-state index contributed by atoms with van der Waals surface area (Å²) in [6, 6.07) is 18.2. The molecule has 0 bridgehead atoms. The number of hydrogen-bond acceptors (Lipinski definition) is 6. The molecule has 2 N–H and O–H groups in total. The van der Waals surface area contributed by atoms with Gasteiger partial charge in [-0.15, -0.1) is 0 Å². The fourth-order valence-corrected chi connectivity index (χ4v) is 4.32. The summed E-state index contributed by atoms with van der Waals surface area (Å²) in [7, 11) is 0. The van der Waals surface area contributed by atoms with Crippen molar-refractivity contribution in [3.8, 4) is 5.75 Å². The molecular weight excluding hydrogens is 501 g/mol. The Labute approximate surface area is 218 Å². The molecule has 7 nitrogen and oxygen atoms in total. The SMILES string of the molecule is O=C1C(=O)N(CCOCCO)C(c2ccccc2F)/C1=C(\O)c1cccc(OCc2ccccc2Cl)c1. The Bertz CT molecular complexity index is 1330. The molecule has 37 heavy (non-hydrogen) atoms. The zero-order valence-electron chi connectivity index (χ0n) is 19.8. The smallest absolute Gasteiger partial charge is 0.295 e. The molecule has 3 aromatic rings. The first-order valence-corrected chi connectivity index (χ1v) is 12.0. The quantitative estimate of drug-likeness (QED) is 0.175. The normalized spacial score (nSPS) is 16.8. The van der Waals surface area contributed by atoms with E-state index < -0.39 is 29.3 Å². The van der Waals surface area contributed by atoms with E-state index in [4.69, 9.17) is 26.2 Å². The van der Waals surface area contributed by atoms with Gasteiger partial charge in [-0.05, 0) is 24.3 Å². The number of carbonyl (C=O) groups is 2. The van der Waals surface area contributed by atoms with Gasteiger partial charge in [-0.1, -0.05) is 60.1 Å². The highest BCUT2D eigenvalue weighted by molar-refractivity contribution is 6.46. The molecule has 1 amide bonds. The maximum Gasteiger partial charge on any atom is 0.295 e. The van der Waals surface area contributed by atoms with Crippen LogP contribution in [0.2, 0.25) is 5.02 Å². The minimum Gasteiger partial charge on any atom is -0.507 e. The molecule has 0 saturated carbocycles. The predicted octanol–water partition coefficient (Wildman–Crippen LogP) is 4.49. The number of nitrogens with zero attached hydrogens (tertiary/aromatic N) is 1. The minimum absolute atomic E-state index is 0.0178. The van der Waals surface area contributed by atoms with E-state index in [2.05, 4.69) is 0 Å². The van der Waals surface area contributed by atoms with Gasteiger partial charge in [0.2, 0.25) is 0 Å². The van der Waals surface area contributed by atoms with E-state index in [1.54, 1.807) is 30.3 Å². The number of halogens is 2. The van der Waals surface area contributed by atoms with E-state index in [9.17, 15) is 19.1 Å². The van der Waals surface area contributed by atoms with Gasteiger partial charge in [0.05, 0.1) is 31.4 Å². The number of likely N-dealkylation sites (tertiary alicyclic amines) is 1. The van der Waals surface area contributed by atoms with Gasteiger partial charge in [-0.3, -0.25) is 9.59 Å². The van der Waals surface area contributed by atoms with Crippen LogP contribution in [0.15, 0.2) is 78.4 Å². The first-order chi connectivity index (χ1) is 17.9. The molecule has 1 heterocycles. The lowest BCUT2D eigenvalue weighted by Crippen LogP contribution is -2.33. The summed E-state index contributed by atoms with van der Waals surface area (Å²) < 4.78 is 25.9. The van der Waals surface area contributed by atoms with Gasteiger partial charge in [0, 0.05) is 28.3 Å². The third-order valence-electron chi connectivity index (χ3n) is 5.91. The molecular formula is C28H25ClFNO6. The van der Waals surface area contributed by atoms with Crippen LogP contribution in [0.1, 0.15) is 22.7 Å². The second-order valence-corrected chi connectivity index (χ2v) is 8.67.